The predicted molar refractivity (Wildman–Crippen MR) is 73.1 cm³/mol. The molecule has 9 heteroatoms. The zero-order valence-electron chi connectivity index (χ0n) is 8.90. The minimum absolute atomic E-state index is 0.310. The van der Waals surface area contributed by atoms with Gasteiger partial charge in [0.15, 0.2) is 0 Å². The minimum Gasteiger partial charge on any atom is -0.475 e. The van der Waals surface area contributed by atoms with Crippen LogP contribution in [0.25, 0.3) is 0 Å². The number of hydrogen-bond acceptors (Lipinski definition) is 4. The van der Waals surface area contributed by atoms with Gasteiger partial charge in [-0.05, 0) is 5.22 Å². The van der Waals surface area contributed by atoms with Crippen LogP contribution in [-0.2, 0) is 11.2 Å². The number of nitrogens with two attached hydrogens (primary N) is 2. The number of nitrogens with zero attached hydrogens (tertiary/aromatic N) is 3. The molecule has 0 radical (unpaired) electrons. The van der Waals surface area contributed by atoms with E-state index in [9.17, 15) is 0 Å². The summed E-state index contributed by atoms with van der Waals surface area (Å²) in [5.74, 6) is 5.21. The highest BCUT2D eigenvalue weighted by molar-refractivity contribution is 7.28. The average molecular weight is 270 g/mol. The largest absolute Gasteiger partial charge is 0.475 e. The van der Waals surface area contributed by atoms with Crippen molar-refractivity contribution < 1.29 is 4.74 Å². The molecule has 1 unspecified atom stereocenters. The minimum atomic E-state index is 0.310. The lowest BCUT2D eigenvalue weighted by atomic mass is 10.1. The molecule has 0 saturated heterocycles. The average Bonchev–Trinajstić information content (AvgIpc) is 2.49. The zero-order valence-corrected chi connectivity index (χ0v) is 11.1. The van der Waals surface area contributed by atoms with Crippen LogP contribution in [0.3, 0.4) is 0 Å². The van der Waals surface area contributed by atoms with Gasteiger partial charge in [0.25, 0.3) is 0 Å². The molecule has 2 rings (SSSR count). The standard InChI is InChI=1S/C8H12N6OP2/c9-5-4-3(11-8(5)17)1-2-15-7(6(4)16)12-14-13-10/h11,16H,1-2,9,17H2,(H2,10,14)/b12-7+. The Labute approximate surface area is 102 Å². The number of fused-ring (bicyclic) bond motifs is 1. The van der Waals surface area contributed by atoms with Crippen molar-refractivity contribution in [1.82, 2.24) is 4.98 Å². The van der Waals surface area contributed by atoms with Crippen molar-refractivity contribution in [2.45, 2.75) is 6.42 Å². The smallest absolute Gasteiger partial charge is 0.247 e. The fraction of sp³-hybridized carbons (Fsp3) is 0.250. The van der Waals surface area contributed by atoms with Gasteiger partial charge in [-0.25, -0.2) is 0 Å². The summed E-state index contributed by atoms with van der Waals surface area (Å²) in [6.45, 7) is 0.476. The van der Waals surface area contributed by atoms with Crippen LogP contribution in [0.15, 0.2) is 15.5 Å². The highest BCUT2D eigenvalue weighted by Gasteiger charge is 2.23. The topological polar surface area (TPSA) is 114 Å². The molecule has 0 fully saturated rings. The Morgan fingerprint density at radius 1 is 1.47 bits per heavy atom. The molecule has 5 N–H and O–H groups in total. The SMILES string of the molecule is N/N=N\N=C1\OCCc2[nH]c(P)c(N)c2C1=P. The summed E-state index contributed by atoms with van der Waals surface area (Å²) in [6.07, 6.45) is 0.709. The van der Waals surface area contributed by atoms with Crippen LogP contribution in [0.4, 0.5) is 5.69 Å². The van der Waals surface area contributed by atoms with E-state index in [4.69, 9.17) is 16.3 Å². The number of rotatable bonds is 1. The molecule has 0 bridgehead atoms. The number of hydrogen-bond donors (Lipinski definition) is 3. The lowest BCUT2D eigenvalue weighted by Gasteiger charge is -2.05. The van der Waals surface area contributed by atoms with Crippen molar-refractivity contribution in [1.29, 1.82) is 0 Å². The molecule has 0 amide bonds. The molecule has 0 aromatic carbocycles. The van der Waals surface area contributed by atoms with Crippen molar-refractivity contribution in [2.75, 3.05) is 12.3 Å². The third kappa shape index (κ3) is 2.16. The second-order valence-electron chi connectivity index (χ2n) is 3.39. The van der Waals surface area contributed by atoms with Crippen LogP contribution in [-0.4, -0.2) is 22.8 Å². The van der Waals surface area contributed by atoms with Gasteiger partial charge < -0.3 is 21.3 Å². The first kappa shape index (κ1) is 12.0. The number of anilines is 1. The van der Waals surface area contributed by atoms with Crippen LogP contribution < -0.4 is 17.0 Å². The lowest BCUT2D eigenvalue weighted by molar-refractivity contribution is 0.315. The number of aromatic amines is 1. The van der Waals surface area contributed by atoms with Crippen LogP contribution in [0.1, 0.15) is 11.3 Å². The van der Waals surface area contributed by atoms with Gasteiger partial charge in [0.1, 0.15) is 0 Å². The van der Waals surface area contributed by atoms with Gasteiger partial charge in [-0.15, -0.1) is 8.86 Å². The summed E-state index contributed by atoms with van der Waals surface area (Å²) in [6, 6.07) is 0. The third-order valence-electron chi connectivity index (χ3n) is 2.39. The lowest BCUT2D eigenvalue weighted by Crippen LogP contribution is -2.16. The first-order chi connectivity index (χ1) is 8.15. The fourth-order valence-electron chi connectivity index (χ4n) is 1.64. The van der Waals surface area contributed by atoms with E-state index in [-0.39, 0.29) is 0 Å². The Bertz CT molecular complexity index is 520. The van der Waals surface area contributed by atoms with E-state index in [0.29, 0.717) is 29.9 Å². The summed E-state index contributed by atoms with van der Waals surface area (Å²) in [5.41, 5.74) is 9.29. The van der Waals surface area contributed by atoms with Crippen molar-refractivity contribution in [3.05, 3.63) is 11.3 Å². The summed E-state index contributed by atoms with van der Waals surface area (Å²) in [4.78, 5) is 3.18. The molecule has 1 aromatic rings. The number of ether oxygens (including phenoxy) is 1. The predicted octanol–water partition coefficient (Wildman–Crippen LogP) is -0.0273. The molecule has 7 nitrogen and oxygen atoms in total. The van der Waals surface area contributed by atoms with Crippen LogP contribution >= 0.6 is 18.1 Å². The highest BCUT2D eigenvalue weighted by Crippen LogP contribution is 2.22. The van der Waals surface area contributed by atoms with Crippen molar-refractivity contribution >= 4 is 40.4 Å². The summed E-state index contributed by atoms with van der Waals surface area (Å²) in [5, 5.41) is 10.8. The van der Waals surface area contributed by atoms with Crippen LogP contribution in [0.5, 0.6) is 0 Å². The third-order valence-corrected chi connectivity index (χ3v) is 3.31. The molecular formula is C8H12N6OP2. The van der Waals surface area contributed by atoms with E-state index in [1.54, 1.807) is 0 Å². The van der Waals surface area contributed by atoms with Crippen molar-refractivity contribution in [3.8, 4) is 0 Å². The molecule has 1 aromatic heterocycles. The number of nitrogens with one attached hydrogen (secondary N) is 1. The Hall–Kier alpha value is -1.45. The number of nitrogen functional groups attached to an aromatic ring is 1. The first-order valence-corrected chi connectivity index (χ1v) is 5.88. The molecular weight excluding hydrogens is 258 g/mol. The van der Waals surface area contributed by atoms with Crippen LogP contribution in [0.2, 0.25) is 0 Å². The second kappa shape index (κ2) is 4.82. The molecule has 0 spiro atoms. The number of H-pyrrole nitrogens is 1. The van der Waals surface area contributed by atoms with Gasteiger partial charge in [-0.3, -0.25) is 0 Å². The Balaban J connectivity index is 2.49. The maximum absolute atomic E-state index is 5.98. The maximum atomic E-state index is 5.98. The van der Waals surface area contributed by atoms with Gasteiger partial charge in [0.05, 0.1) is 23.0 Å². The molecule has 1 atom stereocenters. The molecule has 1 aliphatic heterocycles. The molecule has 0 aliphatic carbocycles. The van der Waals surface area contributed by atoms with Gasteiger partial charge in [0.2, 0.25) is 5.90 Å². The van der Waals surface area contributed by atoms with Crippen molar-refractivity contribution in [3.63, 3.8) is 0 Å². The molecule has 90 valence electrons. The molecule has 0 saturated carbocycles. The Kier molecular flexibility index (Phi) is 3.41. The van der Waals surface area contributed by atoms with Crippen molar-refractivity contribution in [2.24, 2.45) is 21.4 Å². The second-order valence-corrected chi connectivity index (χ2v) is 4.47. The first-order valence-electron chi connectivity index (χ1n) is 4.81. The quantitative estimate of drug-likeness (QED) is 0.288. The van der Waals surface area contributed by atoms with Gasteiger partial charge >= 0.3 is 0 Å². The summed E-state index contributed by atoms with van der Waals surface area (Å²) in [7, 11) is 6.01. The molecule has 17 heavy (non-hydrogen) atoms. The Morgan fingerprint density at radius 3 is 2.94 bits per heavy atom. The van der Waals surface area contributed by atoms with E-state index < -0.39 is 0 Å². The van der Waals surface area contributed by atoms with E-state index in [2.05, 4.69) is 38.6 Å². The van der Waals surface area contributed by atoms with Gasteiger partial charge in [0, 0.05) is 17.7 Å². The monoisotopic (exact) mass is 270 g/mol. The van der Waals surface area contributed by atoms with Gasteiger partial charge in [-0.2, -0.15) is 0 Å². The van der Waals surface area contributed by atoms with E-state index in [1.165, 1.54) is 0 Å². The van der Waals surface area contributed by atoms with E-state index in [1.807, 2.05) is 0 Å². The van der Waals surface area contributed by atoms with Crippen LogP contribution in [0, 0.1) is 0 Å². The Morgan fingerprint density at radius 2 is 2.24 bits per heavy atom. The van der Waals surface area contributed by atoms with Gasteiger partial charge in [-0.1, -0.05) is 19.6 Å². The highest BCUT2D eigenvalue weighted by atomic mass is 31.0. The zero-order chi connectivity index (χ0) is 12.4. The number of aromatic nitrogens is 1. The molecule has 2 heterocycles. The fourth-order valence-corrected chi connectivity index (χ4v) is 2.36. The normalized spacial score (nSPS) is 18.2. The summed E-state index contributed by atoms with van der Waals surface area (Å²) >= 11 is 0. The maximum Gasteiger partial charge on any atom is 0.247 e. The molecule has 1 aliphatic rings. The van der Waals surface area contributed by atoms with E-state index >= 15 is 0 Å². The van der Waals surface area contributed by atoms with E-state index in [0.717, 1.165) is 16.7 Å². The summed E-state index contributed by atoms with van der Waals surface area (Å²) < 4.78 is 5.43.